The predicted octanol–water partition coefficient (Wildman–Crippen LogP) is 4.37. The number of pyridine rings is 1. The first-order valence-corrected chi connectivity index (χ1v) is 10.5. The fraction of sp³-hybridized carbons (Fsp3) is 0.435. The fourth-order valence-electron chi connectivity index (χ4n) is 5.36. The Morgan fingerprint density at radius 1 is 1.32 bits per heavy atom. The third-order valence-electron chi connectivity index (χ3n) is 6.65. The van der Waals surface area contributed by atoms with E-state index in [0.717, 1.165) is 29.1 Å². The molecule has 1 N–H and O–H groups in total. The molecule has 5 heteroatoms. The van der Waals surface area contributed by atoms with Crippen LogP contribution < -0.4 is 0 Å². The largest absolute Gasteiger partial charge is 0.385 e. The Morgan fingerprint density at radius 3 is 2.96 bits per heavy atom. The van der Waals surface area contributed by atoms with Gasteiger partial charge in [-0.05, 0) is 55.6 Å². The highest BCUT2D eigenvalue weighted by atomic mass is 35.5. The highest BCUT2D eigenvalue weighted by Gasteiger charge is 2.36. The van der Waals surface area contributed by atoms with Crippen molar-refractivity contribution in [2.75, 3.05) is 13.1 Å². The molecular weight excluding hydrogens is 370 g/mol. The van der Waals surface area contributed by atoms with Crippen LogP contribution in [0.15, 0.2) is 36.7 Å². The van der Waals surface area contributed by atoms with Gasteiger partial charge in [0.1, 0.15) is 0 Å². The molecule has 1 saturated heterocycles. The van der Waals surface area contributed by atoms with Crippen molar-refractivity contribution in [1.29, 1.82) is 0 Å². The maximum atomic E-state index is 11.2. The highest BCUT2D eigenvalue weighted by molar-refractivity contribution is 6.31. The quantitative estimate of drug-likeness (QED) is 0.715. The molecule has 4 heterocycles. The van der Waals surface area contributed by atoms with Gasteiger partial charge >= 0.3 is 0 Å². The van der Waals surface area contributed by atoms with E-state index in [1.807, 2.05) is 25.1 Å². The Labute approximate surface area is 170 Å². The van der Waals surface area contributed by atoms with E-state index in [0.29, 0.717) is 12.5 Å². The van der Waals surface area contributed by atoms with E-state index in [-0.39, 0.29) is 0 Å². The third kappa shape index (κ3) is 2.78. The Bertz CT molecular complexity index is 1040. The maximum absolute atomic E-state index is 11.2. The van der Waals surface area contributed by atoms with Crippen LogP contribution in [0.25, 0.3) is 10.9 Å². The van der Waals surface area contributed by atoms with Crippen LogP contribution >= 0.6 is 11.6 Å². The summed E-state index contributed by atoms with van der Waals surface area (Å²) in [7, 11) is 2.17. The normalized spacial score (nSPS) is 21.5. The molecule has 146 valence electrons. The van der Waals surface area contributed by atoms with Gasteiger partial charge in [-0.15, -0.1) is 0 Å². The van der Waals surface area contributed by atoms with E-state index in [1.165, 1.54) is 41.5 Å². The van der Waals surface area contributed by atoms with Gasteiger partial charge in [-0.25, -0.2) is 0 Å². The van der Waals surface area contributed by atoms with Crippen LogP contribution in [0.2, 0.25) is 5.02 Å². The van der Waals surface area contributed by atoms with E-state index in [4.69, 9.17) is 11.6 Å². The summed E-state index contributed by atoms with van der Waals surface area (Å²) < 4.78 is 2.35. The Morgan fingerprint density at radius 2 is 2.18 bits per heavy atom. The summed E-state index contributed by atoms with van der Waals surface area (Å²) in [5.74, 6) is 0. The third-order valence-corrected chi connectivity index (χ3v) is 6.86. The van der Waals surface area contributed by atoms with Crippen LogP contribution in [0, 0.1) is 0 Å². The number of benzene rings is 1. The van der Waals surface area contributed by atoms with Crippen molar-refractivity contribution < 1.29 is 5.11 Å². The van der Waals surface area contributed by atoms with Crippen molar-refractivity contribution in [3.8, 4) is 0 Å². The molecule has 0 aliphatic carbocycles. The maximum Gasteiger partial charge on any atom is 0.0924 e. The fourth-order valence-corrected chi connectivity index (χ4v) is 5.60. The summed E-state index contributed by atoms with van der Waals surface area (Å²) >= 11 is 6.58. The lowest BCUT2D eigenvalue weighted by molar-refractivity contribution is 0.0575. The Kier molecular flexibility index (Phi) is 4.27. The second-order valence-electron chi connectivity index (χ2n) is 8.52. The zero-order valence-electron chi connectivity index (χ0n) is 16.5. The molecule has 2 atom stereocenters. The zero-order valence-corrected chi connectivity index (χ0v) is 17.2. The van der Waals surface area contributed by atoms with Crippen LogP contribution in [0.4, 0.5) is 0 Å². The average Bonchev–Trinajstić information content (AvgIpc) is 3.25. The predicted molar refractivity (Wildman–Crippen MR) is 113 cm³/mol. The van der Waals surface area contributed by atoms with E-state index in [1.54, 1.807) is 12.4 Å². The SMILES string of the molecule is Cn1c2c(c3cc(Cl)cc(CC(C)(O)c4cccnc4)c31)C1CCCN1CC2. The van der Waals surface area contributed by atoms with Gasteiger partial charge in [-0.1, -0.05) is 17.7 Å². The molecule has 2 aromatic heterocycles. The number of aliphatic hydroxyl groups is 1. The molecule has 1 fully saturated rings. The van der Waals surface area contributed by atoms with Gasteiger partial charge in [0.25, 0.3) is 0 Å². The van der Waals surface area contributed by atoms with Gasteiger partial charge in [0.05, 0.1) is 11.1 Å². The molecule has 1 aromatic carbocycles. The summed E-state index contributed by atoms with van der Waals surface area (Å²) in [4.78, 5) is 6.80. The van der Waals surface area contributed by atoms with Gasteiger partial charge in [-0.3, -0.25) is 9.88 Å². The number of nitrogens with zero attached hydrogens (tertiary/aromatic N) is 3. The number of fused-ring (bicyclic) bond motifs is 5. The molecule has 5 rings (SSSR count). The van der Waals surface area contributed by atoms with Crippen molar-refractivity contribution in [3.63, 3.8) is 0 Å². The van der Waals surface area contributed by atoms with E-state index >= 15 is 0 Å². The number of halogens is 1. The summed E-state index contributed by atoms with van der Waals surface area (Å²) in [6.45, 7) is 4.19. The first-order valence-electron chi connectivity index (χ1n) is 10.1. The molecule has 0 bridgehead atoms. The van der Waals surface area contributed by atoms with Crippen molar-refractivity contribution in [2.45, 2.75) is 44.2 Å². The second kappa shape index (κ2) is 6.58. The molecule has 4 nitrogen and oxygen atoms in total. The van der Waals surface area contributed by atoms with Crippen molar-refractivity contribution in [3.05, 3.63) is 64.1 Å². The van der Waals surface area contributed by atoms with Crippen molar-refractivity contribution >= 4 is 22.5 Å². The number of aromatic nitrogens is 2. The molecule has 2 aliphatic heterocycles. The smallest absolute Gasteiger partial charge is 0.0924 e. The minimum Gasteiger partial charge on any atom is -0.385 e. The summed E-state index contributed by atoms with van der Waals surface area (Å²) in [6.07, 6.45) is 7.54. The zero-order chi connectivity index (χ0) is 19.5. The van der Waals surface area contributed by atoms with Crippen LogP contribution in [0.3, 0.4) is 0 Å². The van der Waals surface area contributed by atoms with Crippen LogP contribution in [-0.4, -0.2) is 32.6 Å². The lowest BCUT2D eigenvalue weighted by Crippen LogP contribution is -2.31. The molecule has 2 unspecified atom stereocenters. The number of rotatable bonds is 3. The molecule has 3 aromatic rings. The standard InChI is InChI=1S/C23H26ClN3O/c1-23(28,16-5-3-8-25-14-16)13-15-11-17(24)12-18-21-19(26(2)22(15)18)7-10-27-9-4-6-20(21)27/h3,5,8,11-12,14,20,28H,4,6-7,9-10,13H2,1-2H3. The molecule has 0 radical (unpaired) electrons. The summed E-state index contributed by atoms with van der Waals surface area (Å²) in [6, 6.07) is 8.46. The monoisotopic (exact) mass is 395 g/mol. The average molecular weight is 396 g/mol. The first kappa shape index (κ1) is 18.2. The number of aryl methyl sites for hydroxylation is 1. The highest BCUT2D eigenvalue weighted by Crippen LogP contribution is 2.44. The van der Waals surface area contributed by atoms with Gasteiger partial charge in [0, 0.05) is 66.5 Å². The van der Waals surface area contributed by atoms with Gasteiger partial charge in [0.15, 0.2) is 0 Å². The van der Waals surface area contributed by atoms with Gasteiger partial charge < -0.3 is 9.67 Å². The molecule has 0 spiro atoms. The van der Waals surface area contributed by atoms with Crippen molar-refractivity contribution in [2.24, 2.45) is 7.05 Å². The molecular formula is C23H26ClN3O. The van der Waals surface area contributed by atoms with E-state index in [2.05, 4.69) is 27.6 Å². The lowest BCUT2D eigenvalue weighted by Gasteiger charge is -2.30. The molecule has 0 saturated carbocycles. The number of hydrogen-bond donors (Lipinski definition) is 1. The van der Waals surface area contributed by atoms with Crippen LogP contribution in [0.5, 0.6) is 0 Å². The van der Waals surface area contributed by atoms with Gasteiger partial charge in [0.2, 0.25) is 0 Å². The summed E-state index contributed by atoms with van der Waals surface area (Å²) in [5, 5.41) is 13.2. The minimum atomic E-state index is -1.00. The minimum absolute atomic E-state index is 0.501. The van der Waals surface area contributed by atoms with Crippen LogP contribution in [-0.2, 0) is 25.5 Å². The Hall–Kier alpha value is -1.88. The van der Waals surface area contributed by atoms with E-state index < -0.39 is 5.60 Å². The molecule has 2 aliphatic rings. The lowest BCUT2D eigenvalue weighted by atomic mass is 9.88. The first-order chi connectivity index (χ1) is 13.5. The van der Waals surface area contributed by atoms with Gasteiger partial charge in [-0.2, -0.15) is 0 Å². The summed E-state index contributed by atoms with van der Waals surface area (Å²) in [5.41, 5.74) is 5.03. The topological polar surface area (TPSA) is 41.3 Å². The molecule has 28 heavy (non-hydrogen) atoms. The van der Waals surface area contributed by atoms with E-state index in [9.17, 15) is 5.11 Å². The Balaban J connectivity index is 1.67. The second-order valence-corrected chi connectivity index (χ2v) is 8.95. The molecule has 0 amide bonds. The van der Waals surface area contributed by atoms with Crippen LogP contribution in [0.1, 0.15) is 48.2 Å². The number of hydrogen-bond acceptors (Lipinski definition) is 3. The van der Waals surface area contributed by atoms with Crippen molar-refractivity contribution in [1.82, 2.24) is 14.5 Å².